The molecule has 0 bridgehead atoms. The quantitative estimate of drug-likeness (QED) is 0.839. The van der Waals surface area contributed by atoms with Gasteiger partial charge in [0.15, 0.2) is 0 Å². The zero-order chi connectivity index (χ0) is 14.5. The van der Waals surface area contributed by atoms with E-state index in [1.54, 1.807) is 6.92 Å². The molecule has 1 saturated carbocycles. The third kappa shape index (κ3) is 4.22. The number of hydrogen-bond acceptors (Lipinski definition) is 3. The number of rotatable bonds is 6. The van der Waals surface area contributed by atoms with E-state index in [0.29, 0.717) is 18.3 Å². The topological polar surface area (TPSA) is 49.7 Å². The van der Waals surface area contributed by atoms with Gasteiger partial charge in [0, 0.05) is 5.56 Å². The molecule has 0 aromatic heterocycles. The van der Waals surface area contributed by atoms with Gasteiger partial charge in [-0.15, -0.1) is 0 Å². The van der Waals surface area contributed by atoms with Crippen LogP contribution in [-0.2, 0) is 0 Å². The highest BCUT2D eigenvalue weighted by Crippen LogP contribution is 2.30. The van der Waals surface area contributed by atoms with Crippen LogP contribution in [0.3, 0.4) is 0 Å². The summed E-state index contributed by atoms with van der Waals surface area (Å²) in [5.41, 5.74) is 1.89. The van der Waals surface area contributed by atoms with Crippen molar-refractivity contribution in [1.82, 2.24) is 0 Å². The standard InChI is InChI=1S/C17H26O3/c1-12-7-8-17(16(9-12)13(2)18)20-11-15(19)10-14-5-3-4-6-14/h7-9,13-15,18-19H,3-6,10-11H2,1-2H3/t13-,15?/m0/s1. The van der Waals surface area contributed by atoms with Crippen molar-refractivity contribution in [2.75, 3.05) is 6.61 Å². The second-order valence-corrected chi connectivity index (χ2v) is 6.07. The highest BCUT2D eigenvalue weighted by Gasteiger charge is 2.19. The molecule has 1 aromatic carbocycles. The average molecular weight is 278 g/mol. The Morgan fingerprint density at radius 3 is 2.60 bits per heavy atom. The van der Waals surface area contributed by atoms with Gasteiger partial charge >= 0.3 is 0 Å². The number of aryl methyl sites for hydroxylation is 1. The lowest BCUT2D eigenvalue weighted by molar-refractivity contribution is 0.0832. The molecule has 1 aromatic rings. The summed E-state index contributed by atoms with van der Waals surface area (Å²) >= 11 is 0. The van der Waals surface area contributed by atoms with Gasteiger partial charge in [-0.25, -0.2) is 0 Å². The molecule has 1 aliphatic rings. The van der Waals surface area contributed by atoms with E-state index in [1.807, 2.05) is 25.1 Å². The van der Waals surface area contributed by atoms with Crippen LogP contribution in [0.1, 0.15) is 56.3 Å². The molecule has 1 unspecified atom stereocenters. The Bertz CT molecular complexity index is 422. The monoisotopic (exact) mass is 278 g/mol. The van der Waals surface area contributed by atoms with Gasteiger partial charge in [0.2, 0.25) is 0 Å². The van der Waals surface area contributed by atoms with Crippen LogP contribution in [0, 0.1) is 12.8 Å². The van der Waals surface area contributed by atoms with E-state index in [2.05, 4.69) is 0 Å². The largest absolute Gasteiger partial charge is 0.491 e. The maximum Gasteiger partial charge on any atom is 0.125 e. The van der Waals surface area contributed by atoms with Crippen LogP contribution in [0.2, 0.25) is 0 Å². The molecule has 112 valence electrons. The molecule has 1 fully saturated rings. The molecule has 3 heteroatoms. The van der Waals surface area contributed by atoms with E-state index in [0.717, 1.165) is 17.5 Å². The summed E-state index contributed by atoms with van der Waals surface area (Å²) in [5.74, 6) is 1.33. The summed E-state index contributed by atoms with van der Waals surface area (Å²) in [6.07, 6.45) is 4.92. The molecule has 3 nitrogen and oxygen atoms in total. The van der Waals surface area contributed by atoms with Crippen LogP contribution in [0.25, 0.3) is 0 Å². The van der Waals surface area contributed by atoms with Crippen LogP contribution in [-0.4, -0.2) is 22.9 Å². The summed E-state index contributed by atoms with van der Waals surface area (Å²) in [4.78, 5) is 0. The summed E-state index contributed by atoms with van der Waals surface area (Å²) in [7, 11) is 0. The lowest BCUT2D eigenvalue weighted by atomic mass is 10.0. The first kappa shape index (κ1) is 15.3. The highest BCUT2D eigenvalue weighted by molar-refractivity contribution is 5.38. The van der Waals surface area contributed by atoms with E-state index in [9.17, 15) is 10.2 Å². The summed E-state index contributed by atoms with van der Waals surface area (Å²) in [5, 5.41) is 19.8. The van der Waals surface area contributed by atoms with Crippen molar-refractivity contribution in [3.63, 3.8) is 0 Å². The van der Waals surface area contributed by atoms with E-state index in [-0.39, 0.29) is 0 Å². The molecule has 0 aliphatic heterocycles. The average Bonchev–Trinajstić information content (AvgIpc) is 2.90. The fourth-order valence-corrected chi connectivity index (χ4v) is 3.01. The zero-order valence-electron chi connectivity index (χ0n) is 12.5. The van der Waals surface area contributed by atoms with Crippen molar-refractivity contribution < 1.29 is 14.9 Å². The van der Waals surface area contributed by atoms with Crippen LogP contribution < -0.4 is 4.74 Å². The third-order valence-electron chi connectivity index (χ3n) is 4.13. The molecule has 2 atom stereocenters. The molecule has 2 N–H and O–H groups in total. The van der Waals surface area contributed by atoms with Crippen molar-refractivity contribution in [1.29, 1.82) is 0 Å². The second-order valence-electron chi connectivity index (χ2n) is 6.07. The van der Waals surface area contributed by atoms with Gasteiger partial charge in [0.25, 0.3) is 0 Å². The van der Waals surface area contributed by atoms with Gasteiger partial charge in [-0.05, 0) is 38.3 Å². The first-order valence-electron chi connectivity index (χ1n) is 7.65. The molecule has 20 heavy (non-hydrogen) atoms. The fraction of sp³-hybridized carbons (Fsp3) is 0.647. The maximum absolute atomic E-state index is 10.1. The van der Waals surface area contributed by atoms with Crippen molar-refractivity contribution in [2.45, 2.75) is 58.2 Å². The Kier molecular flexibility index (Phi) is 5.44. The van der Waals surface area contributed by atoms with E-state index in [1.165, 1.54) is 25.7 Å². The first-order chi connectivity index (χ1) is 9.56. The minimum Gasteiger partial charge on any atom is -0.491 e. The summed E-state index contributed by atoms with van der Waals surface area (Å²) in [6, 6.07) is 5.77. The SMILES string of the molecule is Cc1ccc(OCC(O)CC2CCCC2)c([C@H](C)O)c1. The smallest absolute Gasteiger partial charge is 0.125 e. The van der Waals surface area contributed by atoms with Gasteiger partial charge in [-0.1, -0.05) is 37.3 Å². The van der Waals surface area contributed by atoms with Crippen molar-refractivity contribution in [3.8, 4) is 5.75 Å². The van der Waals surface area contributed by atoms with E-state index in [4.69, 9.17) is 4.74 Å². The summed E-state index contributed by atoms with van der Waals surface area (Å²) in [6.45, 7) is 4.03. The number of aliphatic hydroxyl groups excluding tert-OH is 2. The number of hydrogen-bond donors (Lipinski definition) is 2. The van der Waals surface area contributed by atoms with Crippen LogP contribution in [0.5, 0.6) is 5.75 Å². The lowest BCUT2D eigenvalue weighted by Gasteiger charge is -2.18. The van der Waals surface area contributed by atoms with Gasteiger partial charge in [0.05, 0.1) is 12.2 Å². The molecule has 0 amide bonds. The number of benzene rings is 1. The van der Waals surface area contributed by atoms with Gasteiger partial charge < -0.3 is 14.9 Å². The van der Waals surface area contributed by atoms with Crippen LogP contribution >= 0.6 is 0 Å². The maximum atomic E-state index is 10.1. The minimum absolute atomic E-state index is 0.305. The fourth-order valence-electron chi connectivity index (χ4n) is 3.01. The molecule has 0 saturated heterocycles. The van der Waals surface area contributed by atoms with Crippen molar-refractivity contribution in [2.24, 2.45) is 5.92 Å². The first-order valence-corrected chi connectivity index (χ1v) is 7.65. The highest BCUT2D eigenvalue weighted by atomic mass is 16.5. The summed E-state index contributed by atoms with van der Waals surface area (Å²) < 4.78 is 5.72. The van der Waals surface area contributed by atoms with E-state index >= 15 is 0 Å². The number of ether oxygens (including phenoxy) is 1. The molecular formula is C17H26O3. The van der Waals surface area contributed by atoms with Gasteiger partial charge in [0.1, 0.15) is 12.4 Å². The Morgan fingerprint density at radius 1 is 1.25 bits per heavy atom. The molecule has 0 spiro atoms. The minimum atomic E-state index is -0.558. The predicted octanol–water partition coefficient (Wildman–Crippen LogP) is 3.37. The molecule has 0 radical (unpaired) electrons. The zero-order valence-corrected chi connectivity index (χ0v) is 12.5. The normalized spacial score (nSPS) is 19.0. The van der Waals surface area contributed by atoms with Crippen LogP contribution in [0.4, 0.5) is 0 Å². The van der Waals surface area contributed by atoms with Crippen molar-refractivity contribution in [3.05, 3.63) is 29.3 Å². The Hall–Kier alpha value is -1.06. The molecule has 1 aliphatic carbocycles. The van der Waals surface area contributed by atoms with Crippen LogP contribution in [0.15, 0.2) is 18.2 Å². The molecule has 0 heterocycles. The van der Waals surface area contributed by atoms with E-state index < -0.39 is 12.2 Å². The van der Waals surface area contributed by atoms with Gasteiger partial charge in [-0.3, -0.25) is 0 Å². The lowest BCUT2D eigenvalue weighted by Crippen LogP contribution is -2.21. The van der Waals surface area contributed by atoms with Gasteiger partial charge in [-0.2, -0.15) is 0 Å². The Labute approximate surface area is 121 Å². The second kappa shape index (κ2) is 7.09. The Balaban J connectivity index is 1.89. The third-order valence-corrected chi connectivity index (χ3v) is 4.13. The predicted molar refractivity (Wildman–Crippen MR) is 79.9 cm³/mol. The van der Waals surface area contributed by atoms with Crippen molar-refractivity contribution >= 4 is 0 Å². The molecular weight excluding hydrogens is 252 g/mol. The number of aliphatic hydroxyl groups is 2. The molecule has 2 rings (SSSR count). The Morgan fingerprint density at radius 2 is 1.95 bits per heavy atom.